The second kappa shape index (κ2) is 10.8. The summed E-state index contributed by atoms with van der Waals surface area (Å²) in [4.78, 5) is 38.5. The Hall–Kier alpha value is -2.85. The Balaban J connectivity index is 1.78. The summed E-state index contributed by atoms with van der Waals surface area (Å²) in [5.74, 6) is -2.97. The van der Waals surface area contributed by atoms with Crippen LogP contribution >= 0.6 is 0 Å². The molecule has 2 atom stereocenters. The highest BCUT2D eigenvalue weighted by atomic mass is 32.2. The summed E-state index contributed by atoms with van der Waals surface area (Å²) >= 11 is 0. The van der Waals surface area contributed by atoms with Crippen LogP contribution in [0.3, 0.4) is 0 Å². The number of aryl methyl sites for hydroxylation is 2. The van der Waals surface area contributed by atoms with Crippen molar-refractivity contribution in [1.82, 2.24) is 19.8 Å². The highest BCUT2D eigenvalue weighted by Gasteiger charge is 2.33. The Morgan fingerprint density at radius 1 is 1.24 bits per heavy atom. The van der Waals surface area contributed by atoms with E-state index in [2.05, 4.69) is 15.1 Å². The summed E-state index contributed by atoms with van der Waals surface area (Å²) in [6, 6.07) is 6.79. The highest BCUT2D eigenvalue weighted by molar-refractivity contribution is 7.89. The van der Waals surface area contributed by atoms with Gasteiger partial charge in [0.25, 0.3) is 5.91 Å². The number of hydrogen-bond donors (Lipinski definition) is 2. The monoisotopic (exact) mass is 474 g/mol. The SMILES string of the molecule is CC(C)C(NS(=O)(=O)c1ccccc1)C(=O)CC1CCc2cnn(c2)CCCNC(=O)C1=O. The lowest BCUT2D eigenvalue weighted by Crippen LogP contribution is -2.46. The molecule has 178 valence electrons. The first kappa shape index (κ1) is 24.8. The average Bonchev–Trinajstić information content (AvgIpc) is 3.24. The van der Waals surface area contributed by atoms with Crippen molar-refractivity contribution in [3.05, 3.63) is 48.3 Å². The number of Topliss-reactive ketones (excluding diaryl/α,β-unsaturated/α-hetero) is 2. The number of fused-ring (bicyclic) bond motifs is 2. The van der Waals surface area contributed by atoms with Gasteiger partial charge in [0.05, 0.1) is 17.1 Å². The molecule has 2 bridgehead atoms. The van der Waals surface area contributed by atoms with Crippen LogP contribution in [-0.2, 0) is 37.4 Å². The van der Waals surface area contributed by atoms with E-state index >= 15 is 0 Å². The summed E-state index contributed by atoms with van der Waals surface area (Å²) < 4.78 is 29.8. The number of nitrogens with zero attached hydrogens (tertiary/aromatic N) is 2. The molecule has 9 nitrogen and oxygen atoms in total. The number of aromatic nitrogens is 2. The van der Waals surface area contributed by atoms with Crippen molar-refractivity contribution in [3.8, 4) is 0 Å². The lowest BCUT2D eigenvalue weighted by atomic mass is 9.87. The average molecular weight is 475 g/mol. The fourth-order valence-corrected chi connectivity index (χ4v) is 5.21. The summed E-state index contributed by atoms with van der Waals surface area (Å²) in [5, 5.41) is 6.89. The van der Waals surface area contributed by atoms with Gasteiger partial charge in [-0.05, 0) is 42.9 Å². The van der Waals surface area contributed by atoms with Crippen molar-refractivity contribution in [1.29, 1.82) is 0 Å². The zero-order valence-electron chi connectivity index (χ0n) is 18.9. The van der Waals surface area contributed by atoms with Crippen LogP contribution in [-0.4, -0.2) is 48.3 Å². The molecule has 10 heteroatoms. The molecule has 2 N–H and O–H groups in total. The zero-order chi connectivity index (χ0) is 24.0. The molecule has 1 aliphatic rings. The number of rotatable bonds is 7. The topological polar surface area (TPSA) is 127 Å². The molecular formula is C23H30N4O5S. The first-order valence-corrected chi connectivity index (χ1v) is 12.6. The second-order valence-electron chi connectivity index (χ2n) is 8.65. The zero-order valence-corrected chi connectivity index (χ0v) is 19.7. The lowest BCUT2D eigenvalue weighted by molar-refractivity contribution is -0.141. The van der Waals surface area contributed by atoms with Crippen LogP contribution in [0.2, 0.25) is 0 Å². The van der Waals surface area contributed by atoms with Gasteiger partial charge < -0.3 is 5.32 Å². The minimum Gasteiger partial charge on any atom is -0.349 e. The molecule has 0 saturated carbocycles. The molecule has 0 spiro atoms. The molecule has 1 amide bonds. The van der Waals surface area contributed by atoms with Crippen LogP contribution in [0.4, 0.5) is 0 Å². The van der Waals surface area contributed by atoms with Gasteiger partial charge in [-0.3, -0.25) is 19.1 Å². The lowest BCUT2D eigenvalue weighted by Gasteiger charge is -2.23. The minimum absolute atomic E-state index is 0.0573. The highest BCUT2D eigenvalue weighted by Crippen LogP contribution is 2.20. The number of hydrogen-bond acceptors (Lipinski definition) is 6. The number of carbonyl (C=O) groups excluding carboxylic acids is 3. The molecule has 3 rings (SSSR count). The van der Waals surface area contributed by atoms with Gasteiger partial charge in [0, 0.05) is 31.6 Å². The van der Waals surface area contributed by atoms with Crippen LogP contribution in [0.15, 0.2) is 47.6 Å². The third kappa shape index (κ3) is 6.58. The first-order chi connectivity index (χ1) is 15.7. The molecule has 1 aromatic carbocycles. The summed E-state index contributed by atoms with van der Waals surface area (Å²) in [6.07, 6.45) is 4.80. The van der Waals surface area contributed by atoms with Gasteiger partial charge in [-0.2, -0.15) is 5.10 Å². The standard InChI is InChI=1S/C23H30N4O5S/c1-16(2)21(26-33(31,32)19-7-4-3-5-8-19)20(28)13-18-10-9-17-14-25-27(15-17)12-6-11-24-23(30)22(18)29/h3-5,7-8,14-16,18,21,26H,6,9-13H2,1-2H3,(H,24,30). The Kier molecular flexibility index (Phi) is 8.15. The largest absolute Gasteiger partial charge is 0.349 e. The molecule has 1 aromatic heterocycles. The number of carbonyl (C=O) groups is 3. The molecule has 2 aromatic rings. The van der Waals surface area contributed by atoms with Gasteiger partial charge in [-0.1, -0.05) is 32.0 Å². The smallest absolute Gasteiger partial charge is 0.287 e. The molecule has 0 radical (unpaired) electrons. The number of nitrogens with one attached hydrogen (secondary N) is 2. The van der Waals surface area contributed by atoms with Crippen LogP contribution in [0, 0.1) is 11.8 Å². The summed E-state index contributed by atoms with van der Waals surface area (Å²) in [5.41, 5.74) is 0.923. The quantitative estimate of drug-likeness (QED) is 0.585. The van der Waals surface area contributed by atoms with E-state index in [9.17, 15) is 22.8 Å². The molecule has 2 heterocycles. The predicted octanol–water partition coefficient (Wildman–Crippen LogP) is 1.48. The van der Waals surface area contributed by atoms with Gasteiger partial charge in [-0.15, -0.1) is 0 Å². The molecule has 1 aliphatic heterocycles. The van der Waals surface area contributed by atoms with Crippen molar-refractivity contribution in [3.63, 3.8) is 0 Å². The second-order valence-corrected chi connectivity index (χ2v) is 10.4. The Bertz CT molecular complexity index is 1100. The van der Waals surface area contributed by atoms with Gasteiger partial charge in [-0.25, -0.2) is 13.1 Å². The predicted molar refractivity (Wildman–Crippen MR) is 122 cm³/mol. The maximum Gasteiger partial charge on any atom is 0.287 e. The Morgan fingerprint density at radius 3 is 2.67 bits per heavy atom. The molecule has 2 unspecified atom stereocenters. The van der Waals surface area contributed by atoms with Crippen molar-refractivity contribution in [2.45, 2.75) is 57.0 Å². The van der Waals surface area contributed by atoms with E-state index in [1.54, 1.807) is 42.9 Å². The third-order valence-corrected chi connectivity index (χ3v) is 7.17. The van der Waals surface area contributed by atoms with Crippen molar-refractivity contribution in [2.75, 3.05) is 6.54 Å². The van der Waals surface area contributed by atoms with Gasteiger partial charge in [0.1, 0.15) is 0 Å². The van der Waals surface area contributed by atoms with Gasteiger partial charge in [0.2, 0.25) is 15.8 Å². The number of ketones is 2. The van der Waals surface area contributed by atoms with Gasteiger partial charge >= 0.3 is 0 Å². The van der Waals surface area contributed by atoms with E-state index in [4.69, 9.17) is 0 Å². The molecule has 33 heavy (non-hydrogen) atoms. The Morgan fingerprint density at radius 2 is 1.97 bits per heavy atom. The van der Waals surface area contributed by atoms with Crippen molar-refractivity contribution < 1.29 is 22.8 Å². The van der Waals surface area contributed by atoms with Gasteiger partial charge in [0.15, 0.2) is 5.78 Å². The van der Waals surface area contributed by atoms with E-state index in [0.717, 1.165) is 5.56 Å². The number of amides is 1. The molecule has 0 fully saturated rings. The maximum atomic E-state index is 13.2. The van der Waals surface area contributed by atoms with Crippen LogP contribution in [0.1, 0.15) is 38.7 Å². The Labute approximate surface area is 194 Å². The van der Waals surface area contributed by atoms with Crippen LogP contribution in [0.25, 0.3) is 0 Å². The first-order valence-electron chi connectivity index (χ1n) is 11.1. The van der Waals surface area contributed by atoms with E-state index < -0.39 is 39.5 Å². The summed E-state index contributed by atoms with van der Waals surface area (Å²) in [6.45, 7) is 4.43. The van der Waals surface area contributed by atoms with Crippen LogP contribution < -0.4 is 10.0 Å². The number of benzene rings is 1. The minimum atomic E-state index is -3.92. The van der Waals surface area contributed by atoms with Crippen LogP contribution in [0.5, 0.6) is 0 Å². The van der Waals surface area contributed by atoms with E-state index in [0.29, 0.717) is 32.4 Å². The molecular weight excluding hydrogens is 444 g/mol. The van der Waals surface area contributed by atoms with Crippen molar-refractivity contribution >= 4 is 27.5 Å². The molecule has 0 aliphatic carbocycles. The maximum absolute atomic E-state index is 13.2. The fourth-order valence-electron chi connectivity index (χ4n) is 3.82. The van der Waals surface area contributed by atoms with E-state index in [1.807, 2.05) is 6.20 Å². The third-order valence-electron chi connectivity index (χ3n) is 5.71. The fraction of sp³-hybridized carbons (Fsp3) is 0.478. The normalized spacial score (nSPS) is 18.8. The molecule has 0 saturated heterocycles. The number of sulfonamides is 1. The van der Waals surface area contributed by atoms with Crippen molar-refractivity contribution in [2.24, 2.45) is 11.8 Å². The van der Waals surface area contributed by atoms with E-state index in [1.165, 1.54) is 12.1 Å². The van der Waals surface area contributed by atoms with E-state index in [-0.39, 0.29) is 17.2 Å². The summed E-state index contributed by atoms with van der Waals surface area (Å²) in [7, 11) is -3.92.